The van der Waals surface area contributed by atoms with E-state index >= 15 is 0 Å². The molecule has 2 N–H and O–H groups in total. The Balaban J connectivity index is 1.86. The van der Waals surface area contributed by atoms with Gasteiger partial charge >= 0.3 is 5.97 Å². The molecule has 2 rings (SSSR count). The van der Waals surface area contributed by atoms with Crippen molar-refractivity contribution in [1.82, 2.24) is 10.2 Å². The fraction of sp³-hybridized carbons (Fsp3) is 0.550. The lowest BCUT2D eigenvalue weighted by atomic mass is 9.96. The summed E-state index contributed by atoms with van der Waals surface area (Å²) in [7, 11) is 0. The van der Waals surface area contributed by atoms with Crippen molar-refractivity contribution in [2.45, 2.75) is 46.0 Å². The SMILES string of the molecule is Cc1cc(C)cc(C(=O)N2CCCC(C(=O)NCCCCC(=O)O)C2)c1. The Bertz CT molecular complexity index is 652. The van der Waals surface area contributed by atoms with E-state index in [0.717, 1.165) is 24.0 Å². The summed E-state index contributed by atoms with van der Waals surface area (Å²) in [4.78, 5) is 37.4. The van der Waals surface area contributed by atoms with Crippen LogP contribution in [0.4, 0.5) is 0 Å². The number of amides is 2. The molecule has 1 heterocycles. The van der Waals surface area contributed by atoms with Crippen LogP contribution in [0, 0.1) is 19.8 Å². The number of carbonyl (C=O) groups excluding carboxylic acids is 2. The van der Waals surface area contributed by atoms with Gasteiger partial charge in [0.15, 0.2) is 0 Å². The van der Waals surface area contributed by atoms with E-state index in [0.29, 0.717) is 38.0 Å². The zero-order valence-corrected chi connectivity index (χ0v) is 15.6. The largest absolute Gasteiger partial charge is 0.481 e. The number of carboxylic acids is 1. The predicted octanol–water partition coefficient (Wildman–Crippen LogP) is 2.53. The van der Waals surface area contributed by atoms with Gasteiger partial charge < -0.3 is 15.3 Å². The second-order valence-electron chi connectivity index (χ2n) is 7.11. The second kappa shape index (κ2) is 9.36. The summed E-state index contributed by atoms with van der Waals surface area (Å²) in [6, 6.07) is 5.82. The molecule has 0 radical (unpaired) electrons. The van der Waals surface area contributed by atoms with E-state index in [2.05, 4.69) is 5.32 Å². The van der Waals surface area contributed by atoms with Crippen molar-refractivity contribution < 1.29 is 19.5 Å². The second-order valence-corrected chi connectivity index (χ2v) is 7.11. The molecule has 1 unspecified atom stereocenters. The number of aliphatic carboxylic acids is 1. The van der Waals surface area contributed by atoms with Crippen LogP contribution in [-0.2, 0) is 9.59 Å². The Morgan fingerprint density at radius 2 is 1.85 bits per heavy atom. The summed E-state index contributed by atoms with van der Waals surface area (Å²) in [5, 5.41) is 11.5. The van der Waals surface area contributed by atoms with Crippen molar-refractivity contribution in [1.29, 1.82) is 0 Å². The normalized spacial score (nSPS) is 17.0. The molecule has 1 aliphatic heterocycles. The third-order valence-electron chi connectivity index (χ3n) is 4.66. The van der Waals surface area contributed by atoms with Gasteiger partial charge in [0.1, 0.15) is 0 Å². The van der Waals surface area contributed by atoms with Gasteiger partial charge in [0.05, 0.1) is 5.92 Å². The van der Waals surface area contributed by atoms with Gasteiger partial charge in [-0.05, 0) is 51.7 Å². The maximum Gasteiger partial charge on any atom is 0.303 e. The van der Waals surface area contributed by atoms with Crippen molar-refractivity contribution >= 4 is 17.8 Å². The summed E-state index contributed by atoms with van der Waals surface area (Å²) in [6.45, 7) is 5.54. The van der Waals surface area contributed by atoms with Crippen LogP contribution in [0.1, 0.15) is 53.6 Å². The Labute approximate surface area is 154 Å². The van der Waals surface area contributed by atoms with Crippen LogP contribution in [0.3, 0.4) is 0 Å². The summed E-state index contributed by atoms with van der Waals surface area (Å²) >= 11 is 0. The van der Waals surface area contributed by atoms with Crippen LogP contribution < -0.4 is 5.32 Å². The number of piperidine rings is 1. The molecule has 0 saturated carbocycles. The minimum atomic E-state index is -0.816. The van der Waals surface area contributed by atoms with Gasteiger partial charge in [0.25, 0.3) is 5.91 Å². The maximum absolute atomic E-state index is 12.8. The first-order valence-electron chi connectivity index (χ1n) is 9.24. The molecule has 1 aliphatic rings. The van der Waals surface area contributed by atoms with Gasteiger partial charge in [-0.3, -0.25) is 14.4 Å². The number of carboxylic acid groups (broad SMARTS) is 1. The Hall–Kier alpha value is -2.37. The van der Waals surface area contributed by atoms with Crippen LogP contribution >= 0.6 is 0 Å². The van der Waals surface area contributed by atoms with E-state index in [1.165, 1.54) is 0 Å². The molecule has 1 fully saturated rings. The number of benzene rings is 1. The summed E-state index contributed by atoms with van der Waals surface area (Å²) < 4.78 is 0. The average molecular weight is 360 g/mol. The van der Waals surface area contributed by atoms with Crippen LogP contribution in [0.5, 0.6) is 0 Å². The number of hydrogen-bond acceptors (Lipinski definition) is 3. The molecule has 1 aromatic rings. The molecule has 6 heteroatoms. The van der Waals surface area contributed by atoms with E-state index in [9.17, 15) is 14.4 Å². The van der Waals surface area contributed by atoms with Gasteiger partial charge in [-0.15, -0.1) is 0 Å². The number of carbonyl (C=O) groups is 3. The van der Waals surface area contributed by atoms with E-state index in [4.69, 9.17) is 5.11 Å². The number of nitrogens with zero attached hydrogens (tertiary/aromatic N) is 1. The van der Waals surface area contributed by atoms with Crippen molar-refractivity contribution in [3.63, 3.8) is 0 Å². The third kappa shape index (κ3) is 5.86. The quantitative estimate of drug-likeness (QED) is 0.732. The molecular formula is C20H28N2O4. The lowest BCUT2D eigenvalue weighted by Gasteiger charge is -2.32. The van der Waals surface area contributed by atoms with Crippen LogP contribution in [0.2, 0.25) is 0 Å². The Kier molecular flexibility index (Phi) is 7.18. The van der Waals surface area contributed by atoms with E-state index < -0.39 is 5.97 Å². The van der Waals surface area contributed by atoms with Gasteiger partial charge in [-0.25, -0.2) is 0 Å². The van der Waals surface area contributed by atoms with Gasteiger partial charge in [-0.1, -0.05) is 17.2 Å². The van der Waals surface area contributed by atoms with Crippen molar-refractivity contribution in [2.75, 3.05) is 19.6 Å². The summed E-state index contributed by atoms with van der Waals surface area (Å²) in [5.74, 6) is -1.07. The Morgan fingerprint density at radius 3 is 2.50 bits per heavy atom. The molecule has 0 bridgehead atoms. The minimum Gasteiger partial charge on any atom is -0.481 e. The maximum atomic E-state index is 12.8. The zero-order valence-electron chi connectivity index (χ0n) is 15.6. The first-order valence-corrected chi connectivity index (χ1v) is 9.24. The first kappa shape index (κ1) is 19.9. The predicted molar refractivity (Wildman–Crippen MR) is 99.0 cm³/mol. The third-order valence-corrected chi connectivity index (χ3v) is 4.66. The molecule has 0 aromatic heterocycles. The lowest BCUT2D eigenvalue weighted by molar-refractivity contribution is -0.137. The van der Waals surface area contributed by atoms with Crippen molar-refractivity contribution in [2.24, 2.45) is 5.92 Å². The highest BCUT2D eigenvalue weighted by molar-refractivity contribution is 5.95. The van der Waals surface area contributed by atoms with Crippen LogP contribution in [0.15, 0.2) is 18.2 Å². The molecule has 2 amide bonds. The monoisotopic (exact) mass is 360 g/mol. The molecule has 1 aromatic carbocycles. The number of likely N-dealkylation sites (tertiary alicyclic amines) is 1. The van der Waals surface area contributed by atoms with Crippen molar-refractivity contribution in [3.05, 3.63) is 34.9 Å². The van der Waals surface area contributed by atoms with E-state index in [1.54, 1.807) is 4.90 Å². The molecule has 0 spiro atoms. The minimum absolute atomic E-state index is 0.0178. The van der Waals surface area contributed by atoms with Crippen molar-refractivity contribution in [3.8, 4) is 0 Å². The fourth-order valence-corrected chi connectivity index (χ4v) is 3.41. The smallest absolute Gasteiger partial charge is 0.303 e. The fourth-order valence-electron chi connectivity index (χ4n) is 3.41. The first-order chi connectivity index (χ1) is 12.4. The molecule has 1 saturated heterocycles. The standard InChI is InChI=1S/C20H28N2O4/c1-14-10-15(2)12-17(11-14)20(26)22-9-5-6-16(13-22)19(25)21-8-4-3-7-18(23)24/h10-12,16H,3-9,13H2,1-2H3,(H,21,25)(H,23,24). The number of rotatable bonds is 7. The number of unbranched alkanes of at least 4 members (excludes halogenated alkanes) is 1. The molecule has 0 aliphatic carbocycles. The molecular weight excluding hydrogens is 332 g/mol. The van der Waals surface area contributed by atoms with Crippen LogP contribution in [-0.4, -0.2) is 47.4 Å². The highest BCUT2D eigenvalue weighted by atomic mass is 16.4. The van der Waals surface area contributed by atoms with E-state index in [1.807, 2.05) is 32.0 Å². The summed E-state index contributed by atoms with van der Waals surface area (Å²) in [6.07, 6.45) is 2.91. The van der Waals surface area contributed by atoms with Crippen LogP contribution in [0.25, 0.3) is 0 Å². The lowest BCUT2D eigenvalue weighted by Crippen LogP contribution is -2.45. The molecule has 6 nitrogen and oxygen atoms in total. The average Bonchev–Trinajstić information content (AvgIpc) is 2.59. The summed E-state index contributed by atoms with van der Waals surface area (Å²) in [5.41, 5.74) is 2.79. The molecule has 26 heavy (non-hydrogen) atoms. The highest BCUT2D eigenvalue weighted by Crippen LogP contribution is 2.20. The molecule has 142 valence electrons. The molecule has 1 atom stereocenters. The number of aryl methyl sites for hydroxylation is 2. The zero-order chi connectivity index (χ0) is 19.1. The van der Waals surface area contributed by atoms with E-state index in [-0.39, 0.29) is 24.2 Å². The number of hydrogen-bond donors (Lipinski definition) is 2. The van der Waals surface area contributed by atoms with Gasteiger partial charge in [-0.2, -0.15) is 0 Å². The topological polar surface area (TPSA) is 86.7 Å². The van der Waals surface area contributed by atoms with Gasteiger partial charge in [0, 0.05) is 31.6 Å². The Morgan fingerprint density at radius 1 is 1.15 bits per heavy atom. The number of nitrogens with one attached hydrogen (secondary N) is 1. The highest BCUT2D eigenvalue weighted by Gasteiger charge is 2.28. The van der Waals surface area contributed by atoms with Gasteiger partial charge in [0.2, 0.25) is 5.91 Å².